The van der Waals surface area contributed by atoms with Crippen molar-refractivity contribution in [3.8, 4) is 0 Å². The van der Waals surface area contributed by atoms with Gasteiger partial charge >= 0.3 is 0 Å². The van der Waals surface area contributed by atoms with Crippen molar-refractivity contribution in [1.29, 1.82) is 0 Å². The predicted molar refractivity (Wildman–Crippen MR) is 80.9 cm³/mol. The van der Waals surface area contributed by atoms with Gasteiger partial charge in [0.2, 0.25) is 0 Å². The van der Waals surface area contributed by atoms with Crippen LogP contribution in [0.15, 0.2) is 18.2 Å². The van der Waals surface area contributed by atoms with E-state index >= 15 is 0 Å². The van der Waals surface area contributed by atoms with Crippen LogP contribution in [-0.2, 0) is 0 Å². The smallest absolute Gasteiger partial charge is 0.263 e. The number of fused-ring (bicyclic) bond motifs is 1. The third-order valence-corrected chi connectivity index (χ3v) is 5.19. The number of benzene rings is 1. The Kier molecular flexibility index (Phi) is 3.15. The number of nitrogens with two attached hydrogens (primary N) is 1. The van der Waals surface area contributed by atoms with E-state index in [0.717, 1.165) is 22.5 Å². The number of anilines is 1. The Morgan fingerprint density at radius 1 is 1.58 bits per heavy atom. The number of thiophene rings is 1. The van der Waals surface area contributed by atoms with Crippen LogP contribution < -0.4 is 11.1 Å². The highest BCUT2D eigenvalue weighted by molar-refractivity contribution is 7.21. The molecule has 5 heteroatoms. The zero-order valence-electron chi connectivity index (χ0n) is 10.6. The van der Waals surface area contributed by atoms with Gasteiger partial charge in [-0.15, -0.1) is 11.3 Å². The van der Waals surface area contributed by atoms with E-state index in [4.69, 9.17) is 17.3 Å². The summed E-state index contributed by atoms with van der Waals surface area (Å²) in [5.74, 6) is 1.27. The van der Waals surface area contributed by atoms with Crippen molar-refractivity contribution in [3.63, 3.8) is 0 Å². The molecule has 0 bridgehead atoms. The number of carbonyl (C=O) groups excluding carboxylic acids is 1. The Labute approximate surface area is 120 Å². The first-order valence-corrected chi connectivity index (χ1v) is 7.52. The van der Waals surface area contributed by atoms with Crippen molar-refractivity contribution in [2.45, 2.75) is 13.3 Å². The minimum atomic E-state index is -0.0890. The van der Waals surface area contributed by atoms with Crippen LogP contribution in [-0.4, -0.2) is 12.5 Å². The summed E-state index contributed by atoms with van der Waals surface area (Å²) in [4.78, 5) is 12.7. The topological polar surface area (TPSA) is 55.1 Å². The zero-order chi connectivity index (χ0) is 13.6. The lowest BCUT2D eigenvalue weighted by molar-refractivity contribution is 0.0956. The van der Waals surface area contributed by atoms with Crippen LogP contribution in [0.5, 0.6) is 0 Å². The molecule has 1 fully saturated rings. The molecule has 3 N–H and O–H groups in total. The number of halogens is 1. The second kappa shape index (κ2) is 4.69. The third kappa shape index (κ3) is 2.30. The van der Waals surface area contributed by atoms with Gasteiger partial charge in [0.05, 0.1) is 10.7 Å². The molecule has 3 rings (SSSR count). The molecule has 1 heterocycles. The molecule has 2 atom stereocenters. The van der Waals surface area contributed by atoms with Gasteiger partial charge in [-0.25, -0.2) is 0 Å². The quantitative estimate of drug-likeness (QED) is 0.910. The van der Waals surface area contributed by atoms with Gasteiger partial charge in [0.25, 0.3) is 5.91 Å². The van der Waals surface area contributed by atoms with E-state index in [1.54, 1.807) is 6.07 Å². The molecule has 1 aliphatic carbocycles. The lowest BCUT2D eigenvalue weighted by Crippen LogP contribution is -2.25. The Bertz CT molecular complexity index is 652. The molecule has 3 nitrogen and oxygen atoms in total. The number of nitrogens with one attached hydrogen (secondary N) is 1. The molecular weight excluding hydrogens is 280 g/mol. The fourth-order valence-electron chi connectivity index (χ4n) is 2.29. The molecule has 19 heavy (non-hydrogen) atoms. The molecular formula is C14H15ClN2OS. The first kappa shape index (κ1) is 12.8. The first-order chi connectivity index (χ1) is 9.08. The minimum absolute atomic E-state index is 0.0890. The van der Waals surface area contributed by atoms with E-state index in [9.17, 15) is 4.79 Å². The Morgan fingerprint density at radius 3 is 2.95 bits per heavy atom. The van der Waals surface area contributed by atoms with Crippen molar-refractivity contribution >= 4 is 44.6 Å². The van der Waals surface area contributed by atoms with E-state index in [1.165, 1.54) is 17.8 Å². The van der Waals surface area contributed by atoms with Gasteiger partial charge in [0.1, 0.15) is 4.88 Å². The van der Waals surface area contributed by atoms with E-state index < -0.39 is 0 Å². The molecule has 0 aliphatic heterocycles. The summed E-state index contributed by atoms with van der Waals surface area (Å²) in [6, 6.07) is 5.59. The largest absolute Gasteiger partial charge is 0.397 e. The molecule has 0 radical (unpaired) electrons. The molecule has 1 saturated carbocycles. The van der Waals surface area contributed by atoms with Crippen LogP contribution in [0, 0.1) is 11.8 Å². The van der Waals surface area contributed by atoms with Crippen molar-refractivity contribution in [2.75, 3.05) is 12.3 Å². The number of rotatable bonds is 3. The second-order valence-corrected chi connectivity index (χ2v) is 6.60. The van der Waals surface area contributed by atoms with Gasteiger partial charge in [-0.1, -0.05) is 24.6 Å². The van der Waals surface area contributed by atoms with Crippen molar-refractivity contribution in [1.82, 2.24) is 5.32 Å². The van der Waals surface area contributed by atoms with E-state index in [1.807, 2.05) is 12.1 Å². The summed E-state index contributed by atoms with van der Waals surface area (Å²) in [5, 5.41) is 4.35. The molecule has 1 aromatic carbocycles. The summed E-state index contributed by atoms with van der Waals surface area (Å²) in [7, 11) is 0. The van der Waals surface area contributed by atoms with Crippen LogP contribution >= 0.6 is 22.9 Å². The van der Waals surface area contributed by atoms with Crippen molar-refractivity contribution in [2.24, 2.45) is 11.8 Å². The van der Waals surface area contributed by atoms with Gasteiger partial charge < -0.3 is 11.1 Å². The summed E-state index contributed by atoms with van der Waals surface area (Å²) >= 11 is 7.53. The van der Waals surface area contributed by atoms with E-state index in [-0.39, 0.29) is 5.91 Å². The normalized spacial score (nSPS) is 21.6. The standard InChI is InChI=1S/C14H15ClN2OS/c1-7-5-8(7)6-17-14(18)13-12(16)11-9(15)3-2-4-10(11)19-13/h2-4,7-8H,5-6,16H2,1H3,(H,17,18). The van der Waals surface area contributed by atoms with Crippen molar-refractivity contribution < 1.29 is 4.79 Å². The molecule has 2 aromatic rings. The van der Waals surface area contributed by atoms with Crippen LogP contribution in [0.1, 0.15) is 23.0 Å². The third-order valence-electron chi connectivity index (χ3n) is 3.71. The van der Waals surface area contributed by atoms with E-state index in [0.29, 0.717) is 21.5 Å². The average molecular weight is 295 g/mol. The van der Waals surface area contributed by atoms with Crippen LogP contribution in [0.2, 0.25) is 5.02 Å². The van der Waals surface area contributed by atoms with Crippen LogP contribution in [0.3, 0.4) is 0 Å². The van der Waals surface area contributed by atoms with E-state index in [2.05, 4.69) is 12.2 Å². The van der Waals surface area contributed by atoms with Gasteiger partial charge in [-0.3, -0.25) is 4.79 Å². The SMILES string of the molecule is CC1CC1CNC(=O)c1sc2cccc(Cl)c2c1N. The zero-order valence-corrected chi connectivity index (χ0v) is 12.1. The lowest BCUT2D eigenvalue weighted by atomic mass is 10.2. The fraction of sp³-hybridized carbons (Fsp3) is 0.357. The lowest BCUT2D eigenvalue weighted by Gasteiger charge is -2.03. The Hall–Kier alpha value is -1.26. The molecule has 0 saturated heterocycles. The predicted octanol–water partition coefficient (Wildman–Crippen LogP) is 3.52. The van der Waals surface area contributed by atoms with Crippen LogP contribution in [0.25, 0.3) is 10.1 Å². The number of nitrogen functional groups attached to an aromatic ring is 1. The summed E-state index contributed by atoms with van der Waals surface area (Å²) < 4.78 is 0.954. The monoisotopic (exact) mass is 294 g/mol. The summed E-state index contributed by atoms with van der Waals surface area (Å²) in [6.45, 7) is 2.94. The number of hydrogen-bond acceptors (Lipinski definition) is 3. The van der Waals surface area contributed by atoms with Gasteiger partial charge in [-0.05, 0) is 30.4 Å². The minimum Gasteiger partial charge on any atom is -0.397 e. The molecule has 1 aromatic heterocycles. The van der Waals surface area contributed by atoms with Gasteiger partial charge in [0.15, 0.2) is 0 Å². The van der Waals surface area contributed by atoms with Gasteiger partial charge in [0, 0.05) is 16.6 Å². The highest BCUT2D eigenvalue weighted by atomic mass is 35.5. The molecule has 0 spiro atoms. The van der Waals surface area contributed by atoms with Crippen LogP contribution in [0.4, 0.5) is 5.69 Å². The molecule has 1 amide bonds. The maximum Gasteiger partial charge on any atom is 0.263 e. The fourth-order valence-corrected chi connectivity index (χ4v) is 3.68. The Balaban J connectivity index is 1.85. The molecule has 1 aliphatic rings. The summed E-state index contributed by atoms with van der Waals surface area (Å²) in [5.41, 5.74) is 6.55. The second-order valence-electron chi connectivity index (χ2n) is 5.14. The number of hydrogen-bond donors (Lipinski definition) is 2. The maximum atomic E-state index is 12.2. The Morgan fingerprint density at radius 2 is 2.32 bits per heavy atom. The summed E-state index contributed by atoms with van der Waals surface area (Å²) in [6.07, 6.45) is 1.20. The number of amides is 1. The highest BCUT2D eigenvalue weighted by Crippen LogP contribution is 2.39. The average Bonchev–Trinajstić information content (AvgIpc) is 2.97. The molecule has 2 unspecified atom stereocenters. The van der Waals surface area contributed by atoms with Gasteiger partial charge in [-0.2, -0.15) is 0 Å². The van der Waals surface area contributed by atoms with Crippen molar-refractivity contribution in [3.05, 3.63) is 28.1 Å². The highest BCUT2D eigenvalue weighted by Gasteiger charge is 2.32. The maximum absolute atomic E-state index is 12.2. The first-order valence-electron chi connectivity index (χ1n) is 6.32. The number of carbonyl (C=O) groups is 1. The molecule has 100 valence electrons.